The summed E-state index contributed by atoms with van der Waals surface area (Å²) in [6, 6.07) is 4.62. The number of carbonyl (C=O) groups is 1. The topological polar surface area (TPSA) is 52.3 Å². The molecule has 1 aromatic rings. The monoisotopic (exact) mass is 251 g/mol. The molecule has 2 rings (SSSR count). The van der Waals surface area contributed by atoms with Crippen LogP contribution in [0.5, 0.6) is 0 Å². The van der Waals surface area contributed by atoms with Crippen LogP contribution in [0.3, 0.4) is 0 Å². The Bertz CT molecular complexity index is 453. The lowest BCUT2D eigenvalue weighted by Gasteiger charge is -2.34. The highest BCUT2D eigenvalue weighted by Gasteiger charge is 2.39. The summed E-state index contributed by atoms with van der Waals surface area (Å²) in [6.45, 7) is 3.04. The largest absolute Gasteiger partial charge is 0.381 e. The van der Waals surface area contributed by atoms with Crippen molar-refractivity contribution in [2.75, 3.05) is 19.8 Å². The summed E-state index contributed by atoms with van der Waals surface area (Å²) in [6.07, 6.45) is 1.22. The van der Waals surface area contributed by atoms with Crippen LogP contribution in [-0.4, -0.2) is 25.5 Å². The number of nitrogens with two attached hydrogens (primary N) is 1. The fraction of sp³-hybridized carbons (Fsp3) is 0.500. The van der Waals surface area contributed by atoms with Crippen molar-refractivity contribution in [3.05, 3.63) is 35.1 Å². The van der Waals surface area contributed by atoms with E-state index >= 15 is 0 Å². The number of hydrogen-bond acceptors (Lipinski definition) is 3. The van der Waals surface area contributed by atoms with E-state index in [1.807, 2.05) is 0 Å². The smallest absolute Gasteiger partial charge is 0.170 e. The molecule has 0 spiro atoms. The Labute approximate surface area is 106 Å². The molecule has 0 saturated carbocycles. The van der Waals surface area contributed by atoms with Gasteiger partial charge in [0.15, 0.2) is 5.78 Å². The first-order chi connectivity index (χ1) is 8.59. The quantitative estimate of drug-likeness (QED) is 0.837. The van der Waals surface area contributed by atoms with Crippen molar-refractivity contribution in [3.8, 4) is 0 Å². The van der Waals surface area contributed by atoms with Crippen LogP contribution in [0.2, 0.25) is 0 Å². The molecule has 3 nitrogen and oxygen atoms in total. The van der Waals surface area contributed by atoms with Gasteiger partial charge in [0.1, 0.15) is 5.82 Å². The minimum Gasteiger partial charge on any atom is -0.381 e. The van der Waals surface area contributed by atoms with Crippen molar-refractivity contribution in [1.29, 1.82) is 0 Å². The zero-order chi connectivity index (χ0) is 13.2. The second kappa shape index (κ2) is 5.16. The molecule has 1 aliphatic rings. The molecular weight excluding hydrogens is 233 g/mol. The third-order valence-electron chi connectivity index (χ3n) is 3.76. The van der Waals surface area contributed by atoms with E-state index in [2.05, 4.69) is 0 Å². The van der Waals surface area contributed by atoms with Crippen LogP contribution in [0.25, 0.3) is 0 Å². The first-order valence-corrected chi connectivity index (χ1v) is 6.18. The van der Waals surface area contributed by atoms with Crippen molar-refractivity contribution >= 4 is 5.78 Å². The molecule has 0 bridgehead atoms. The van der Waals surface area contributed by atoms with E-state index in [-0.39, 0.29) is 18.1 Å². The maximum Gasteiger partial charge on any atom is 0.170 e. The molecule has 1 heterocycles. The number of Topliss-reactive ketones (excluding diaryl/α,β-unsaturated/α-hetero) is 1. The van der Waals surface area contributed by atoms with E-state index in [9.17, 15) is 9.18 Å². The van der Waals surface area contributed by atoms with Gasteiger partial charge >= 0.3 is 0 Å². The van der Waals surface area contributed by atoms with Gasteiger partial charge in [0, 0.05) is 25.3 Å². The summed E-state index contributed by atoms with van der Waals surface area (Å²) >= 11 is 0. The maximum atomic E-state index is 13.5. The van der Waals surface area contributed by atoms with Gasteiger partial charge < -0.3 is 10.5 Å². The van der Waals surface area contributed by atoms with E-state index in [0.29, 0.717) is 37.2 Å². The number of halogens is 1. The molecule has 4 heteroatoms. The molecule has 98 valence electrons. The first kappa shape index (κ1) is 13.2. The molecule has 0 aliphatic carbocycles. The average molecular weight is 251 g/mol. The molecule has 0 aromatic heterocycles. The van der Waals surface area contributed by atoms with Gasteiger partial charge in [-0.15, -0.1) is 0 Å². The number of aryl methyl sites for hydroxylation is 1. The Morgan fingerprint density at radius 3 is 2.67 bits per heavy atom. The van der Waals surface area contributed by atoms with Crippen molar-refractivity contribution in [1.82, 2.24) is 0 Å². The maximum absolute atomic E-state index is 13.5. The third kappa shape index (κ3) is 2.31. The van der Waals surface area contributed by atoms with Gasteiger partial charge in [0.05, 0.1) is 5.41 Å². The second-order valence-corrected chi connectivity index (χ2v) is 4.89. The standard InChI is InChI=1S/C14H18FNO2/c1-10-2-3-11(8-12(10)15)13(17)14(9-16)4-6-18-7-5-14/h2-3,8H,4-7,9,16H2,1H3. The van der Waals surface area contributed by atoms with Crippen molar-refractivity contribution in [3.63, 3.8) is 0 Å². The summed E-state index contributed by atoms with van der Waals surface area (Å²) in [5.41, 5.74) is 6.14. The summed E-state index contributed by atoms with van der Waals surface area (Å²) in [4.78, 5) is 12.5. The molecule has 1 saturated heterocycles. The zero-order valence-electron chi connectivity index (χ0n) is 10.5. The van der Waals surface area contributed by atoms with Crippen molar-refractivity contribution in [2.24, 2.45) is 11.1 Å². The highest BCUT2D eigenvalue weighted by atomic mass is 19.1. The Hall–Kier alpha value is -1.26. The lowest BCUT2D eigenvalue weighted by molar-refractivity contribution is 0.0200. The predicted molar refractivity (Wildman–Crippen MR) is 67.0 cm³/mol. The van der Waals surface area contributed by atoms with E-state index in [0.717, 1.165) is 0 Å². The number of hydrogen-bond donors (Lipinski definition) is 1. The van der Waals surface area contributed by atoms with Crippen LogP contribution in [0.15, 0.2) is 18.2 Å². The Balaban J connectivity index is 2.30. The predicted octanol–water partition coefficient (Wildman–Crippen LogP) is 2.07. The third-order valence-corrected chi connectivity index (χ3v) is 3.76. The lowest BCUT2D eigenvalue weighted by atomic mass is 9.74. The Morgan fingerprint density at radius 1 is 1.44 bits per heavy atom. The SMILES string of the molecule is Cc1ccc(C(=O)C2(CN)CCOCC2)cc1F. The van der Waals surface area contributed by atoms with E-state index in [1.165, 1.54) is 6.07 Å². The van der Waals surface area contributed by atoms with E-state index in [4.69, 9.17) is 10.5 Å². The van der Waals surface area contributed by atoms with Crippen molar-refractivity contribution in [2.45, 2.75) is 19.8 Å². The molecular formula is C14H18FNO2. The van der Waals surface area contributed by atoms with E-state index < -0.39 is 5.41 Å². The fourth-order valence-electron chi connectivity index (χ4n) is 2.33. The second-order valence-electron chi connectivity index (χ2n) is 4.89. The molecule has 1 aliphatic heterocycles. The lowest BCUT2D eigenvalue weighted by Crippen LogP contribution is -2.43. The minimum absolute atomic E-state index is 0.0628. The fourth-order valence-corrected chi connectivity index (χ4v) is 2.33. The molecule has 1 fully saturated rings. The van der Waals surface area contributed by atoms with Crippen molar-refractivity contribution < 1.29 is 13.9 Å². The molecule has 0 radical (unpaired) electrons. The Kier molecular flexibility index (Phi) is 3.78. The first-order valence-electron chi connectivity index (χ1n) is 6.18. The zero-order valence-corrected chi connectivity index (χ0v) is 10.5. The number of ether oxygens (including phenoxy) is 1. The number of ketones is 1. The minimum atomic E-state index is -0.583. The highest BCUT2D eigenvalue weighted by molar-refractivity contribution is 6.00. The van der Waals surface area contributed by atoms with Crippen LogP contribution in [0.1, 0.15) is 28.8 Å². The summed E-state index contributed by atoms with van der Waals surface area (Å²) in [7, 11) is 0. The van der Waals surface area contributed by atoms with Crippen LogP contribution in [-0.2, 0) is 4.74 Å². The van der Waals surface area contributed by atoms with Gasteiger partial charge in [-0.3, -0.25) is 4.79 Å². The number of benzene rings is 1. The van der Waals surface area contributed by atoms with Gasteiger partial charge in [0.2, 0.25) is 0 Å². The van der Waals surface area contributed by atoms with Gasteiger partial charge in [-0.05, 0) is 31.4 Å². The molecule has 0 atom stereocenters. The van der Waals surface area contributed by atoms with Crippen LogP contribution in [0.4, 0.5) is 4.39 Å². The average Bonchev–Trinajstić information content (AvgIpc) is 2.42. The van der Waals surface area contributed by atoms with Crippen LogP contribution >= 0.6 is 0 Å². The molecule has 0 unspecified atom stereocenters. The normalized spacial score (nSPS) is 18.6. The van der Waals surface area contributed by atoms with E-state index in [1.54, 1.807) is 19.1 Å². The van der Waals surface area contributed by atoms with Gasteiger partial charge in [-0.2, -0.15) is 0 Å². The van der Waals surface area contributed by atoms with Gasteiger partial charge in [-0.1, -0.05) is 12.1 Å². The number of rotatable bonds is 3. The summed E-state index contributed by atoms with van der Waals surface area (Å²) in [5, 5.41) is 0. The molecule has 2 N–H and O–H groups in total. The molecule has 0 amide bonds. The summed E-state index contributed by atoms with van der Waals surface area (Å²) in [5.74, 6) is -0.410. The highest BCUT2D eigenvalue weighted by Crippen LogP contribution is 2.33. The van der Waals surface area contributed by atoms with Gasteiger partial charge in [0.25, 0.3) is 0 Å². The Morgan fingerprint density at radius 2 is 2.11 bits per heavy atom. The summed E-state index contributed by atoms with van der Waals surface area (Å²) < 4.78 is 18.8. The molecule has 1 aromatic carbocycles. The van der Waals surface area contributed by atoms with Crippen LogP contribution < -0.4 is 5.73 Å². The van der Waals surface area contributed by atoms with Gasteiger partial charge in [-0.25, -0.2) is 4.39 Å². The number of carbonyl (C=O) groups excluding carboxylic acids is 1. The van der Waals surface area contributed by atoms with Crippen LogP contribution in [0, 0.1) is 18.2 Å². The molecule has 18 heavy (non-hydrogen) atoms.